The van der Waals surface area contributed by atoms with E-state index in [2.05, 4.69) is 35.7 Å². The van der Waals surface area contributed by atoms with E-state index in [4.69, 9.17) is 47.4 Å². The second kappa shape index (κ2) is 36.8. The normalized spacial score (nSPS) is 22.7. The molecule has 2 amide bonds. The van der Waals surface area contributed by atoms with Crippen LogP contribution < -0.4 is 50.3 Å². The van der Waals surface area contributed by atoms with Crippen molar-refractivity contribution >= 4 is 6.03 Å². The number of rotatable bonds is 18. The predicted octanol–water partition coefficient (Wildman–Crippen LogP) is 9.12. The summed E-state index contributed by atoms with van der Waals surface area (Å²) in [6, 6.07) is -0.431. The molecule has 0 fully saturated rings. The number of carbonyl (C=O) groups is 1. The lowest BCUT2D eigenvalue weighted by Crippen LogP contribution is -2.49. The maximum Gasteiger partial charge on any atom is 0.333 e. The van der Waals surface area contributed by atoms with E-state index < -0.39 is 48.1 Å². The number of amides is 2. The first-order valence-electron chi connectivity index (χ1n) is 36.1. The predicted molar refractivity (Wildman–Crippen MR) is 409 cm³/mol. The van der Waals surface area contributed by atoms with Gasteiger partial charge in [0.15, 0.2) is 31.1 Å². The fraction of sp³-hybridized carbons (Fsp3) is 0.603. The first-order valence-corrected chi connectivity index (χ1v) is 36.1. The van der Waals surface area contributed by atoms with Crippen molar-refractivity contribution < 1.29 is 52.2 Å². The van der Waals surface area contributed by atoms with Gasteiger partial charge in [-0.25, -0.2) is 24.0 Å². The highest BCUT2D eigenvalue weighted by Gasteiger charge is 2.33. The van der Waals surface area contributed by atoms with Gasteiger partial charge in [0.05, 0.1) is 55.4 Å². The van der Waals surface area contributed by atoms with Crippen LogP contribution >= 0.6 is 0 Å². The number of nitrogens with one attached hydrogen (secondary N) is 3. The summed E-state index contributed by atoms with van der Waals surface area (Å²) in [7, 11) is 0. The van der Waals surface area contributed by atoms with E-state index in [-0.39, 0.29) is 98.6 Å². The molecule has 0 saturated carbocycles. The number of aromatic nitrogens is 8. The lowest BCUT2D eigenvalue weighted by Gasteiger charge is -2.30. The summed E-state index contributed by atoms with van der Waals surface area (Å²) in [5.41, 5.74) is -0.962. The number of urea groups is 1. The minimum absolute atomic E-state index is 0.133. The fourth-order valence-electron chi connectivity index (χ4n) is 10.7. The Morgan fingerprint density at radius 2 is 0.757 bits per heavy atom. The SMILES string of the molecule is C=C1NC(=O)N([C@H]2C=C[C@@H](COC(C)(C)C)O2)C=C1C.Cc1cn([C@H]2C=C[C@@H](COC(C)(C)C)O2)c(=O)[nH]c1=O.Cc1cn([C@H]2C=C[C@@H](COC(C)(C)C)O2)c(=O)n(C(C)(C)C)c1=O.Cc1cn([C@H]2C=C[C@@H](COC(C)(C)C)O2)c(=O)n(C(C)C)c1=O.Cc1cn([C@H]2C=C[C@@H](COCC(C)C)O2)c(=O)[nH]c1=O. The smallest absolute Gasteiger partial charge is 0.333 e. The highest BCUT2D eigenvalue weighted by molar-refractivity contribution is 5.80. The van der Waals surface area contributed by atoms with Crippen LogP contribution in [0.4, 0.5) is 4.79 Å². The molecular weight excluding hydrogens is 1380 g/mol. The van der Waals surface area contributed by atoms with Crippen molar-refractivity contribution in [3.63, 3.8) is 0 Å². The molecule has 0 aliphatic carbocycles. The summed E-state index contributed by atoms with van der Waals surface area (Å²) in [6.45, 7) is 52.4. The topological polar surface area (TPSA) is 322 Å². The van der Waals surface area contributed by atoms with E-state index in [1.165, 1.54) is 44.7 Å². The number of ether oxygens (including phenoxy) is 10. The standard InChI is InChI=1S/C18H28N2O4.C17H26N2O4.C15H22N2O3.2C14H20N2O4/c1-12-10-19(16(22)20(15(12)21)17(2,3)4)14-9-8-13(24-14)11-23-18(5,6)7;1-11(2)19-15(20)12(3)9-18(16(19)21)14-8-7-13(23-14)10-22-17(4,5)6;1-10-8-17(14(18)16-11(10)2)13-7-6-12(20-13)9-19-15(3,4)5;1-9-7-16(13(18)15-12(9)17)11-6-5-10(20-11)8-19-14(2,3)4;1-9(2)7-19-8-11-4-5-12(20-11)16-6-10(3)13(17)15-14(16)18/h8-10,13-14H,11H2,1-7H3;7-9,11,13-14H,10H2,1-6H3;6-8,12-13H,2,9H2,1,3-5H3,(H,16,18);5-7,10-11H,8H2,1-4H3,(H,15,17,18);4-6,9,11-12H,7-8H2,1-3H3,(H,15,17,18)/t2*13-,14+;12-,13+;10-,11+;11-,12+/m00000/s1. The van der Waals surface area contributed by atoms with Crippen molar-refractivity contribution in [1.29, 1.82) is 0 Å². The zero-order valence-electron chi connectivity index (χ0n) is 66.9. The average Bonchev–Trinajstić information content (AvgIpc) is 1.75. The number of aryl methyl sites for hydroxylation is 4. The van der Waals surface area contributed by atoms with Gasteiger partial charge in [0.1, 0.15) is 30.5 Å². The molecule has 0 radical (unpaired) electrons. The molecular formula is C78H116N10O19. The van der Waals surface area contributed by atoms with E-state index in [9.17, 15) is 43.2 Å². The molecule has 0 spiro atoms. The number of carbonyl (C=O) groups excluding carboxylic acids is 1. The summed E-state index contributed by atoms with van der Waals surface area (Å²) in [5.74, 6) is 0.473. The Hall–Kier alpha value is -8.23. The molecule has 107 heavy (non-hydrogen) atoms. The molecule has 0 aromatic carbocycles. The molecule has 592 valence electrons. The Balaban J connectivity index is 0.000000210. The second-order valence-corrected chi connectivity index (χ2v) is 32.5. The maximum absolute atomic E-state index is 12.8. The van der Waals surface area contributed by atoms with Crippen LogP contribution in [0.1, 0.15) is 192 Å². The van der Waals surface area contributed by atoms with E-state index in [1.807, 2.05) is 173 Å². The Kier molecular flexibility index (Phi) is 30.1. The Morgan fingerprint density at radius 1 is 0.430 bits per heavy atom. The number of hydrogen-bond donors (Lipinski definition) is 3. The molecule has 0 unspecified atom stereocenters. The van der Waals surface area contributed by atoms with Crippen molar-refractivity contribution in [3.8, 4) is 0 Å². The summed E-state index contributed by atoms with van der Waals surface area (Å²) >= 11 is 0. The molecule has 10 heterocycles. The van der Waals surface area contributed by atoms with Crippen LogP contribution in [0.25, 0.3) is 0 Å². The molecule has 4 aromatic rings. The first kappa shape index (κ1) is 87.7. The number of nitrogens with zero attached hydrogens (tertiary/aromatic N) is 7. The van der Waals surface area contributed by atoms with Crippen molar-refractivity contribution in [2.24, 2.45) is 5.92 Å². The number of aromatic amines is 2. The largest absolute Gasteiger partial charge is 0.378 e. The lowest BCUT2D eigenvalue weighted by atomic mass is 10.1. The van der Waals surface area contributed by atoms with Crippen LogP contribution in [0.2, 0.25) is 0 Å². The van der Waals surface area contributed by atoms with Crippen molar-refractivity contribution in [2.75, 3.05) is 39.6 Å². The van der Waals surface area contributed by atoms with Crippen LogP contribution in [-0.4, -0.2) is 147 Å². The van der Waals surface area contributed by atoms with Crippen LogP contribution in [0, 0.1) is 33.6 Å². The Labute approximate surface area is 625 Å². The zero-order chi connectivity index (χ0) is 80.2. The highest BCUT2D eigenvalue weighted by Crippen LogP contribution is 2.27. The van der Waals surface area contributed by atoms with Gasteiger partial charge in [-0.2, -0.15) is 0 Å². The van der Waals surface area contributed by atoms with Gasteiger partial charge in [0.25, 0.3) is 22.2 Å². The third kappa shape index (κ3) is 26.3. The Morgan fingerprint density at radius 3 is 1.11 bits per heavy atom. The van der Waals surface area contributed by atoms with Crippen LogP contribution in [0.3, 0.4) is 0 Å². The van der Waals surface area contributed by atoms with Gasteiger partial charge in [-0.05, 0) is 194 Å². The summed E-state index contributed by atoms with van der Waals surface area (Å²) < 4.78 is 65.5. The van der Waals surface area contributed by atoms with Gasteiger partial charge in [-0.3, -0.25) is 61.4 Å². The van der Waals surface area contributed by atoms with Crippen molar-refractivity contribution in [2.45, 2.75) is 262 Å². The third-order valence-corrected chi connectivity index (χ3v) is 16.2. The molecule has 6 aliphatic rings. The van der Waals surface area contributed by atoms with Gasteiger partial charge >= 0.3 is 28.8 Å². The third-order valence-electron chi connectivity index (χ3n) is 16.2. The van der Waals surface area contributed by atoms with E-state index in [1.54, 1.807) is 58.4 Å². The molecule has 29 nitrogen and oxygen atoms in total. The lowest BCUT2D eigenvalue weighted by molar-refractivity contribution is -0.0789. The minimum Gasteiger partial charge on any atom is -0.378 e. The van der Waals surface area contributed by atoms with E-state index >= 15 is 0 Å². The van der Waals surface area contributed by atoms with Crippen molar-refractivity contribution in [3.05, 3.63) is 215 Å². The fourth-order valence-corrected chi connectivity index (χ4v) is 10.7. The quantitative estimate of drug-likeness (QED) is 0.0781. The van der Waals surface area contributed by atoms with Crippen LogP contribution in [0.15, 0.2) is 148 Å². The monoisotopic (exact) mass is 1500 g/mol. The van der Waals surface area contributed by atoms with Gasteiger partial charge in [-0.15, -0.1) is 0 Å². The first-order chi connectivity index (χ1) is 49.5. The number of allylic oxidation sites excluding steroid dienone is 1. The summed E-state index contributed by atoms with van der Waals surface area (Å²) in [5, 5.41) is 2.71. The number of hydrogen-bond acceptors (Lipinski definition) is 19. The highest BCUT2D eigenvalue weighted by atomic mass is 16.6. The Bertz CT molecular complexity index is 4440. The molecule has 0 saturated heterocycles. The van der Waals surface area contributed by atoms with E-state index in [0.29, 0.717) is 73.5 Å². The molecule has 0 bridgehead atoms. The van der Waals surface area contributed by atoms with Crippen molar-refractivity contribution in [1.82, 2.24) is 47.6 Å². The second-order valence-electron chi connectivity index (χ2n) is 32.5. The minimum atomic E-state index is -0.598. The zero-order valence-corrected chi connectivity index (χ0v) is 66.9. The van der Waals surface area contributed by atoms with Gasteiger partial charge in [0, 0.05) is 77.1 Å². The summed E-state index contributed by atoms with van der Waals surface area (Å²) in [6.07, 6.45) is 23.1. The van der Waals surface area contributed by atoms with Crippen LogP contribution in [-0.2, 0) is 52.9 Å². The van der Waals surface area contributed by atoms with Crippen LogP contribution in [0.5, 0.6) is 0 Å². The molecule has 29 heteroatoms. The molecule has 6 aliphatic heterocycles. The van der Waals surface area contributed by atoms with Gasteiger partial charge in [0.2, 0.25) is 0 Å². The molecule has 3 N–H and O–H groups in total. The molecule has 4 aromatic heterocycles. The molecule has 10 atom stereocenters. The van der Waals surface area contributed by atoms with Gasteiger partial charge < -0.3 is 52.7 Å². The summed E-state index contributed by atoms with van der Waals surface area (Å²) in [4.78, 5) is 114. The van der Waals surface area contributed by atoms with Gasteiger partial charge in [-0.1, -0.05) is 50.8 Å². The molecule has 10 rings (SSSR count). The average molecular weight is 1500 g/mol. The van der Waals surface area contributed by atoms with E-state index in [0.717, 1.165) is 5.57 Å². The number of H-pyrrole nitrogens is 2. The maximum atomic E-state index is 12.8.